The first kappa shape index (κ1) is 20.4. The molecule has 164 valence electrons. The largest absolute Gasteiger partial charge is 0.381 e. The fourth-order valence-corrected chi connectivity index (χ4v) is 5.55. The van der Waals surface area contributed by atoms with Crippen LogP contribution < -0.4 is 5.32 Å². The molecule has 3 aliphatic heterocycles. The number of carbonyl (C=O) groups excluding carboxylic acids is 1. The molecule has 6 nitrogen and oxygen atoms in total. The summed E-state index contributed by atoms with van der Waals surface area (Å²) in [5.41, 5.74) is 2.60. The van der Waals surface area contributed by atoms with Crippen molar-refractivity contribution >= 4 is 5.91 Å². The minimum absolute atomic E-state index is 0.200. The molecule has 1 spiro atoms. The van der Waals surface area contributed by atoms with Crippen LogP contribution in [0.3, 0.4) is 0 Å². The van der Waals surface area contributed by atoms with Gasteiger partial charge in [-0.1, -0.05) is 19.9 Å². The Kier molecular flexibility index (Phi) is 5.36. The van der Waals surface area contributed by atoms with Crippen LogP contribution in [0.4, 0.5) is 0 Å². The topological polar surface area (TPSA) is 63.7 Å². The summed E-state index contributed by atoms with van der Waals surface area (Å²) in [7, 11) is 0. The Bertz CT molecular complexity index is 784. The van der Waals surface area contributed by atoms with Gasteiger partial charge in [-0.3, -0.25) is 9.78 Å². The van der Waals surface area contributed by atoms with E-state index in [0.717, 1.165) is 71.0 Å². The Balaban J connectivity index is 1.11. The molecule has 5 rings (SSSR count). The molecule has 0 aromatic carbocycles. The number of amides is 1. The summed E-state index contributed by atoms with van der Waals surface area (Å²) < 4.78 is 11.6. The molecule has 0 radical (unpaired) electrons. The van der Waals surface area contributed by atoms with Crippen molar-refractivity contribution in [1.29, 1.82) is 0 Å². The molecule has 4 fully saturated rings. The van der Waals surface area contributed by atoms with E-state index in [1.165, 1.54) is 5.69 Å². The van der Waals surface area contributed by atoms with Crippen molar-refractivity contribution in [3.63, 3.8) is 0 Å². The molecule has 1 aromatic rings. The molecular weight excluding hydrogens is 378 g/mol. The highest BCUT2D eigenvalue weighted by molar-refractivity contribution is 5.83. The molecule has 4 aliphatic rings. The maximum Gasteiger partial charge on any atom is 0.226 e. The summed E-state index contributed by atoms with van der Waals surface area (Å²) >= 11 is 0. The van der Waals surface area contributed by atoms with Crippen LogP contribution >= 0.6 is 0 Å². The van der Waals surface area contributed by atoms with Crippen LogP contribution in [0.15, 0.2) is 18.2 Å². The Morgan fingerprint density at radius 2 is 2.07 bits per heavy atom. The number of nitrogens with one attached hydrogen (secondary N) is 1. The van der Waals surface area contributed by atoms with Gasteiger partial charge in [-0.25, -0.2) is 0 Å². The third-order valence-electron chi connectivity index (χ3n) is 7.91. The van der Waals surface area contributed by atoms with Crippen molar-refractivity contribution in [2.75, 3.05) is 46.0 Å². The SMILES string of the molecule is CC1(C)C[C@@H]1C(=O)N1CC2(CNCC2COCc2cccc(C3CCOCC3)n2)C1. The Labute approximate surface area is 179 Å². The number of hydrogen-bond acceptors (Lipinski definition) is 5. The highest BCUT2D eigenvalue weighted by atomic mass is 16.5. The summed E-state index contributed by atoms with van der Waals surface area (Å²) in [5.74, 6) is 1.59. The number of nitrogens with zero attached hydrogens (tertiary/aromatic N) is 2. The number of rotatable bonds is 6. The number of likely N-dealkylation sites (tertiary alicyclic amines) is 1. The molecule has 1 unspecified atom stereocenters. The zero-order valence-corrected chi connectivity index (χ0v) is 18.4. The van der Waals surface area contributed by atoms with Crippen LogP contribution in [-0.2, 0) is 20.9 Å². The van der Waals surface area contributed by atoms with Crippen molar-refractivity contribution in [2.45, 2.75) is 45.6 Å². The van der Waals surface area contributed by atoms with E-state index in [9.17, 15) is 4.79 Å². The van der Waals surface area contributed by atoms with Crippen molar-refractivity contribution < 1.29 is 14.3 Å². The average molecular weight is 414 g/mol. The van der Waals surface area contributed by atoms with Gasteiger partial charge in [0.1, 0.15) is 0 Å². The molecule has 3 saturated heterocycles. The second-order valence-electron chi connectivity index (χ2n) is 10.6. The highest BCUT2D eigenvalue weighted by Gasteiger charge is 2.58. The lowest BCUT2D eigenvalue weighted by Crippen LogP contribution is -2.63. The molecular formula is C24H35N3O3. The van der Waals surface area contributed by atoms with E-state index in [1.54, 1.807) is 0 Å². The molecule has 6 heteroatoms. The molecule has 4 heterocycles. The maximum absolute atomic E-state index is 12.7. The van der Waals surface area contributed by atoms with E-state index in [-0.39, 0.29) is 16.7 Å². The fourth-order valence-electron chi connectivity index (χ4n) is 5.55. The van der Waals surface area contributed by atoms with Crippen LogP contribution in [0.2, 0.25) is 0 Å². The van der Waals surface area contributed by atoms with Crippen molar-refractivity contribution in [1.82, 2.24) is 15.2 Å². The predicted octanol–water partition coefficient (Wildman–Crippen LogP) is 2.59. The quantitative estimate of drug-likeness (QED) is 0.777. The molecule has 1 N–H and O–H groups in total. The zero-order valence-electron chi connectivity index (χ0n) is 18.4. The molecule has 30 heavy (non-hydrogen) atoms. The van der Waals surface area contributed by atoms with Crippen LogP contribution in [0.5, 0.6) is 0 Å². The number of aromatic nitrogens is 1. The summed E-state index contributed by atoms with van der Waals surface area (Å²) in [6, 6.07) is 6.30. The van der Waals surface area contributed by atoms with E-state index in [0.29, 0.717) is 24.3 Å². The number of carbonyl (C=O) groups is 1. The third kappa shape index (κ3) is 3.90. The van der Waals surface area contributed by atoms with Crippen LogP contribution in [0, 0.1) is 22.7 Å². The zero-order chi connectivity index (χ0) is 20.8. The normalized spacial score (nSPS) is 29.7. The van der Waals surface area contributed by atoms with Gasteiger partial charge in [-0.2, -0.15) is 0 Å². The summed E-state index contributed by atoms with van der Waals surface area (Å²) in [6.07, 6.45) is 3.15. The van der Waals surface area contributed by atoms with Crippen LogP contribution in [0.25, 0.3) is 0 Å². The first-order valence-corrected chi connectivity index (χ1v) is 11.6. The Morgan fingerprint density at radius 1 is 1.30 bits per heavy atom. The van der Waals surface area contributed by atoms with Gasteiger partial charge in [0.05, 0.1) is 18.9 Å². The molecule has 1 aliphatic carbocycles. The Morgan fingerprint density at radius 3 is 2.80 bits per heavy atom. The van der Waals surface area contributed by atoms with E-state index in [1.807, 2.05) is 0 Å². The van der Waals surface area contributed by atoms with Crippen molar-refractivity contribution in [3.8, 4) is 0 Å². The first-order chi connectivity index (χ1) is 14.5. The van der Waals surface area contributed by atoms with Gasteiger partial charge >= 0.3 is 0 Å². The second kappa shape index (κ2) is 7.88. The lowest BCUT2D eigenvalue weighted by molar-refractivity contribution is -0.148. The minimum Gasteiger partial charge on any atom is -0.381 e. The van der Waals surface area contributed by atoms with E-state index >= 15 is 0 Å². The maximum atomic E-state index is 12.7. The average Bonchev–Trinajstić information content (AvgIpc) is 3.17. The smallest absolute Gasteiger partial charge is 0.226 e. The van der Waals surface area contributed by atoms with Gasteiger partial charge in [-0.15, -0.1) is 0 Å². The van der Waals surface area contributed by atoms with Gasteiger partial charge in [-0.05, 0) is 36.8 Å². The van der Waals surface area contributed by atoms with Gasteiger partial charge in [0.25, 0.3) is 0 Å². The lowest BCUT2D eigenvalue weighted by atomic mass is 9.71. The molecule has 1 aromatic heterocycles. The molecule has 0 bridgehead atoms. The molecule has 2 atom stereocenters. The fraction of sp³-hybridized carbons (Fsp3) is 0.750. The number of pyridine rings is 1. The standard InChI is InChI=1S/C24H35N3O3/c1-23(2)10-20(23)22(28)27-15-24(16-27)14-25-11-18(24)12-30-13-19-4-3-5-21(26-19)17-6-8-29-9-7-17/h3-5,17-18,20,25H,6-16H2,1-2H3/t18?,20-/m1/s1. The van der Waals surface area contributed by atoms with Crippen molar-refractivity contribution in [3.05, 3.63) is 29.6 Å². The second-order valence-corrected chi connectivity index (χ2v) is 10.6. The Hall–Kier alpha value is -1.50. The highest BCUT2D eigenvalue weighted by Crippen LogP contribution is 2.54. The minimum atomic E-state index is 0.200. The van der Waals surface area contributed by atoms with Crippen LogP contribution in [-0.4, -0.2) is 61.8 Å². The summed E-state index contributed by atoms with van der Waals surface area (Å²) in [4.78, 5) is 19.6. The molecule has 1 amide bonds. The van der Waals surface area contributed by atoms with E-state index in [2.05, 4.69) is 42.3 Å². The van der Waals surface area contributed by atoms with Crippen LogP contribution in [0.1, 0.15) is 50.4 Å². The number of ether oxygens (including phenoxy) is 2. The molecule has 1 saturated carbocycles. The van der Waals surface area contributed by atoms with E-state index < -0.39 is 0 Å². The van der Waals surface area contributed by atoms with Crippen molar-refractivity contribution in [2.24, 2.45) is 22.7 Å². The van der Waals surface area contributed by atoms with Gasteiger partial charge in [0, 0.05) is 68.3 Å². The van der Waals surface area contributed by atoms with Gasteiger partial charge in [0.2, 0.25) is 5.91 Å². The summed E-state index contributed by atoms with van der Waals surface area (Å²) in [5, 5.41) is 3.54. The van der Waals surface area contributed by atoms with Gasteiger partial charge < -0.3 is 19.7 Å². The lowest BCUT2D eigenvalue weighted by Gasteiger charge is -2.51. The number of hydrogen-bond donors (Lipinski definition) is 1. The third-order valence-corrected chi connectivity index (χ3v) is 7.91. The summed E-state index contributed by atoms with van der Waals surface area (Å²) in [6.45, 7) is 11.1. The monoisotopic (exact) mass is 413 g/mol. The predicted molar refractivity (Wildman–Crippen MR) is 114 cm³/mol. The first-order valence-electron chi connectivity index (χ1n) is 11.6. The van der Waals surface area contributed by atoms with E-state index in [4.69, 9.17) is 14.5 Å². The van der Waals surface area contributed by atoms with Gasteiger partial charge in [0.15, 0.2) is 0 Å².